The van der Waals surface area contributed by atoms with E-state index in [-0.39, 0.29) is 22.5 Å². The van der Waals surface area contributed by atoms with Crippen molar-refractivity contribution in [3.8, 4) is 0 Å². The molecule has 1 atom stereocenters. The van der Waals surface area contributed by atoms with Crippen molar-refractivity contribution in [1.29, 1.82) is 0 Å². The summed E-state index contributed by atoms with van der Waals surface area (Å²) in [5, 5.41) is 10.2. The predicted octanol–water partition coefficient (Wildman–Crippen LogP) is 1.39. The number of nitrogens with one attached hydrogen (secondary N) is 2. The molecule has 20 heavy (non-hydrogen) atoms. The van der Waals surface area contributed by atoms with E-state index in [4.69, 9.17) is 11.6 Å². The Morgan fingerprint density at radius 3 is 3.00 bits per heavy atom. The molecule has 0 saturated carbocycles. The average Bonchev–Trinajstić information content (AvgIpc) is 2.85. The Kier molecular flexibility index (Phi) is 5.00. The van der Waals surface area contributed by atoms with Gasteiger partial charge in [0.25, 0.3) is 5.56 Å². The molecule has 110 valence electrons. The van der Waals surface area contributed by atoms with E-state index in [1.165, 1.54) is 4.68 Å². The molecule has 2 N–H and O–H groups in total. The summed E-state index contributed by atoms with van der Waals surface area (Å²) in [6, 6.07) is 0.0843. The van der Waals surface area contributed by atoms with Gasteiger partial charge >= 0.3 is 0 Å². The molecule has 1 fully saturated rings. The van der Waals surface area contributed by atoms with Crippen LogP contribution >= 0.6 is 11.6 Å². The van der Waals surface area contributed by atoms with Gasteiger partial charge < -0.3 is 10.6 Å². The van der Waals surface area contributed by atoms with E-state index in [1.54, 1.807) is 6.20 Å². The van der Waals surface area contributed by atoms with Crippen LogP contribution in [0.4, 0.5) is 5.69 Å². The van der Waals surface area contributed by atoms with Crippen molar-refractivity contribution in [2.24, 2.45) is 0 Å². The third kappa shape index (κ3) is 3.50. The lowest BCUT2D eigenvalue weighted by Gasteiger charge is -2.13. The molecule has 6 nitrogen and oxygen atoms in total. The van der Waals surface area contributed by atoms with Crippen LogP contribution in [-0.2, 0) is 11.3 Å². The number of carbonyl (C=O) groups excluding carboxylic acids is 1. The molecule has 1 amide bonds. The van der Waals surface area contributed by atoms with E-state index < -0.39 is 0 Å². The molecule has 2 heterocycles. The highest BCUT2D eigenvalue weighted by Gasteiger charge is 2.20. The van der Waals surface area contributed by atoms with Crippen molar-refractivity contribution in [2.75, 3.05) is 11.9 Å². The minimum absolute atomic E-state index is 0.0657. The number of hydrogen-bond donors (Lipinski definition) is 2. The molecule has 1 aromatic rings. The van der Waals surface area contributed by atoms with Gasteiger partial charge in [-0.05, 0) is 12.8 Å². The summed E-state index contributed by atoms with van der Waals surface area (Å²) in [4.78, 5) is 23.1. The minimum Gasteiger partial charge on any atom is -0.380 e. The van der Waals surface area contributed by atoms with Crippen LogP contribution in [0.5, 0.6) is 0 Å². The van der Waals surface area contributed by atoms with Crippen molar-refractivity contribution in [1.82, 2.24) is 15.1 Å². The first-order chi connectivity index (χ1) is 9.61. The molecule has 2 rings (SSSR count). The number of unbranched alkanes of at least 4 members (excludes halogenated alkanes) is 1. The maximum atomic E-state index is 12.0. The van der Waals surface area contributed by atoms with Gasteiger partial charge in [-0.25, -0.2) is 4.68 Å². The van der Waals surface area contributed by atoms with E-state index in [2.05, 4.69) is 22.7 Å². The fourth-order valence-corrected chi connectivity index (χ4v) is 2.33. The molecule has 1 aliphatic rings. The lowest BCUT2D eigenvalue weighted by molar-refractivity contribution is -0.119. The number of amides is 1. The Balaban J connectivity index is 2.00. The first kappa shape index (κ1) is 14.8. The van der Waals surface area contributed by atoms with Gasteiger partial charge in [0.05, 0.1) is 11.9 Å². The van der Waals surface area contributed by atoms with Crippen LogP contribution < -0.4 is 16.2 Å². The number of aromatic nitrogens is 2. The van der Waals surface area contributed by atoms with E-state index in [0.717, 1.165) is 19.3 Å². The predicted molar refractivity (Wildman–Crippen MR) is 78.1 cm³/mol. The zero-order valence-electron chi connectivity index (χ0n) is 11.5. The first-order valence-corrected chi connectivity index (χ1v) is 7.28. The van der Waals surface area contributed by atoms with E-state index in [9.17, 15) is 9.59 Å². The van der Waals surface area contributed by atoms with Crippen molar-refractivity contribution in [3.05, 3.63) is 21.6 Å². The summed E-state index contributed by atoms with van der Waals surface area (Å²) >= 11 is 6.07. The molecule has 1 unspecified atom stereocenters. The van der Waals surface area contributed by atoms with Gasteiger partial charge in [-0.3, -0.25) is 9.59 Å². The lowest BCUT2D eigenvalue weighted by atomic mass is 10.2. The molecule has 0 radical (unpaired) electrons. The van der Waals surface area contributed by atoms with Crippen LogP contribution in [0.25, 0.3) is 0 Å². The molecule has 7 heteroatoms. The number of aryl methyl sites for hydroxylation is 1. The fraction of sp³-hybridized carbons (Fsp3) is 0.615. The second-order valence-corrected chi connectivity index (χ2v) is 5.32. The Morgan fingerprint density at radius 1 is 1.55 bits per heavy atom. The summed E-state index contributed by atoms with van der Waals surface area (Å²) in [5.74, 6) is 0.0657. The highest BCUT2D eigenvalue weighted by atomic mass is 35.5. The van der Waals surface area contributed by atoms with Gasteiger partial charge in [0.1, 0.15) is 5.02 Å². The normalized spacial score (nSPS) is 18.1. The second kappa shape index (κ2) is 6.74. The SMILES string of the molecule is CCCCn1ncc(NCC2CCC(=O)N2)c(Cl)c1=O. The zero-order chi connectivity index (χ0) is 14.5. The molecule has 0 bridgehead atoms. The van der Waals surface area contributed by atoms with Gasteiger partial charge in [-0.1, -0.05) is 24.9 Å². The van der Waals surface area contributed by atoms with Crippen LogP contribution in [-0.4, -0.2) is 28.3 Å². The van der Waals surface area contributed by atoms with Gasteiger partial charge in [0.15, 0.2) is 0 Å². The van der Waals surface area contributed by atoms with Crippen LogP contribution in [0.15, 0.2) is 11.0 Å². The standard InChI is InChI=1S/C13H19ClN4O2/c1-2-3-6-18-13(20)12(14)10(8-16-18)15-7-9-4-5-11(19)17-9/h8-9,15H,2-7H2,1H3,(H,17,19). The smallest absolute Gasteiger partial charge is 0.287 e. The molecular formula is C13H19ClN4O2. The summed E-state index contributed by atoms with van der Waals surface area (Å²) < 4.78 is 1.38. The van der Waals surface area contributed by atoms with Crippen molar-refractivity contribution in [3.63, 3.8) is 0 Å². The number of halogens is 1. The summed E-state index contributed by atoms with van der Waals surface area (Å²) in [6.45, 7) is 3.18. The Bertz CT molecular complexity index is 544. The van der Waals surface area contributed by atoms with Crippen LogP contribution in [0.2, 0.25) is 5.02 Å². The van der Waals surface area contributed by atoms with Crippen LogP contribution in [0.1, 0.15) is 32.6 Å². The average molecular weight is 299 g/mol. The Labute approximate surface area is 122 Å². The van der Waals surface area contributed by atoms with Crippen molar-refractivity contribution < 1.29 is 4.79 Å². The van der Waals surface area contributed by atoms with E-state index in [1.807, 2.05) is 0 Å². The van der Waals surface area contributed by atoms with Crippen LogP contribution in [0, 0.1) is 0 Å². The third-order valence-corrected chi connectivity index (χ3v) is 3.70. The molecule has 0 aromatic carbocycles. The van der Waals surface area contributed by atoms with Crippen molar-refractivity contribution >= 4 is 23.2 Å². The molecule has 1 aliphatic heterocycles. The van der Waals surface area contributed by atoms with Gasteiger partial charge in [0, 0.05) is 25.6 Å². The molecular weight excluding hydrogens is 280 g/mol. The number of nitrogens with zero attached hydrogens (tertiary/aromatic N) is 2. The fourth-order valence-electron chi connectivity index (χ4n) is 2.12. The summed E-state index contributed by atoms with van der Waals surface area (Å²) in [5.41, 5.74) is 0.242. The zero-order valence-corrected chi connectivity index (χ0v) is 12.2. The molecule has 0 aliphatic carbocycles. The third-order valence-electron chi connectivity index (χ3n) is 3.33. The first-order valence-electron chi connectivity index (χ1n) is 6.90. The van der Waals surface area contributed by atoms with E-state index >= 15 is 0 Å². The number of rotatable bonds is 6. The number of hydrogen-bond acceptors (Lipinski definition) is 4. The molecule has 0 spiro atoms. The minimum atomic E-state index is -0.277. The summed E-state index contributed by atoms with van der Waals surface area (Å²) in [6.07, 6.45) is 4.80. The highest BCUT2D eigenvalue weighted by molar-refractivity contribution is 6.32. The van der Waals surface area contributed by atoms with Crippen molar-refractivity contribution in [2.45, 2.75) is 45.2 Å². The lowest BCUT2D eigenvalue weighted by Crippen LogP contribution is -2.32. The maximum Gasteiger partial charge on any atom is 0.287 e. The Morgan fingerprint density at radius 2 is 2.35 bits per heavy atom. The van der Waals surface area contributed by atoms with E-state index in [0.29, 0.717) is 25.2 Å². The Hall–Kier alpha value is -1.56. The largest absolute Gasteiger partial charge is 0.380 e. The van der Waals surface area contributed by atoms with Gasteiger partial charge in [-0.2, -0.15) is 5.10 Å². The monoisotopic (exact) mass is 298 g/mol. The number of anilines is 1. The molecule has 1 saturated heterocycles. The second-order valence-electron chi connectivity index (χ2n) is 4.94. The van der Waals surface area contributed by atoms with Gasteiger partial charge in [0.2, 0.25) is 5.91 Å². The highest BCUT2D eigenvalue weighted by Crippen LogP contribution is 2.16. The number of carbonyl (C=O) groups is 1. The summed E-state index contributed by atoms with van der Waals surface area (Å²) in [7, 11) is 0. The maximum absolute atomic E-state index is 12.0. The topological polar surface area (TPSA) is 76.0 Å². The van der Waals surface area contributed by atoms with Gasteiger partial charge in [-0.15, -0.1) is 0 Å². The quantitative estimate of drug-likeness (QED) is 0.832. The molecule has 1 aromatic heterocycles. The van der Waals surface area contributed by atoms with Crippen LogP contribution in [0.3, 0.4) is 0 Å².